The van der Waals surface area contributed by atoms with E-state index >= 15 is 0 Å². The van der Waals surface area contributed by atoms with Crippen molar-refractivity contribution in [3.63, 3.8) is 0 Å². The maximum Gasteiger partial charge on any atom is 0.138 e. The van der Waals surface area contributed by atoms with Gasteiger partial charge in [0, 0.05) is 19.0 Å². The van der Waals surface area contributed by atoms with Crippen LogP contribution in [0.25, 0.3) is 0 Å². The summed E-state index contributed by atoms with van der Waals surface area (Å²) in [6.45, 7) is 5.25. The molecule has 1 fully saturated rings. The predicted molar refractivity (Wildman–Crippen MR) is 68.5 cm³/mol. The maximum atomic E-state index is 6.33. The summed E-state index contributed by atoms with van der Waals surface area (Å²) in [7, 11) is 0. The smallest absolute Gasteiger partial charge is 0.138 e. The minimum Gasteiger partial charge on any atom is -0.327 e. The number of aryl methyl sites for hydroxylation is 1. The first-order chi connectivity index (χ1) is 8.24. The molecule has 96 valence electrons. The Bertz CT molecular complexity index is 347. The van der Waals surface area contributed by atoms with Crippen LogP contribution in [0.15, 0.2) is 6.33 Å². The molecular formula is C13H24N4. The number of aromatic nitrogens is 3. The minimum absolute atomic E-state index is 0.251. The Hall–Kier alpha value is -0.900. The topological polar surface area (TPSA) is 56.7 Å². The number of hydrogen-bond acceptors (Lipinski definition) is 3. The van der Waals surface area contributed by atoms with Crippen molar-refractivity contribution >= 4 is 0 Å². The molecule has 0 aliphatic heterocycles. The third-order valence-electron chi connectivity index (χ3n) is 4.18. The SMILES string of the molecule is CCC1CCC(C(N)Cc2ncnn2CC)C1. The van der Waals surface area contributed by atoms with E-state index in [0.717, 1.165) is 24.7 Å². The van der Waals surface area contributed by atoms with Gasteiger partial charge < -0.3 is 5.73 Å². The second-order valence-electron chi connectivity index (χ2n) is 5.21. The summed E-state index contributed by atoms with van der Waals surface area (Å²) in [4.78, 5) is 4.31. The van der Waals surface area contributed by atoms with Crippen LogP contribution >= 0.6 is 0 Å². The van der Waals surface area contributed by atoms with Crippen molar-refractivity contribution in [1.82, 2.24) is 14.8 Å². The van der Waals surface area contributed by atoms with Crippen LogP contribution in [-0.2, 0) is 13.0 Å². The first kappa shape index (κ1) is 12.6. The Balaban J connectivity index is 1.91. The molecule has 0 saturated heterocycles. The van der Waals surface area contributed by atoms with E-state index in [1.165, 1.54) is 25.7 Å². The monoisotopic (exact) mass is 236 g/mol. The zero-order valence-electron chi connectivity index (χ0n) is 11.0. The quantitative estimate of drug-likeness (QED) is 0.850. The average Bonchev–Trinajstić information content (AvgIpc) is 2.96. The van der Waals surface area contributed by atoms with E-state index in [0.29, 0.717) is 5.92 Å². The van der Waals surface area contributed by atoms with Crippen LogP contribution in [0.1, 0.15) is 45.4 Å². The summed E-state index contributed by atoms with van der Waals surface area (Å²) in [5.74, 6) is 2.62. The molecule has 0 aromatic carbocycles. The molecule has 2 rings (SSSR count). The minimum atomic E-state index is 0.251. The molecule has 1 aromatic rings. The van der Waals surface area contributed by atoms with E-state index in [1.807, 2.05) is 4.68 Å². The maximum absolute atomic E-state index is 6.33. The first-order valence-electron chi connectivity index (χ1n) is 6.86. The van der Waals surface area contributed by atoms with Crippen molar-refractivity contribution < 1.29 is 0 Å². The van der Waals surface area contributed by atoms with E-state index in [4.69, 9.17) is 5.73 Å². The lowest BCUT2D eigenvalue weighted by Crippen LogP contribution is -2.32. The molecule has 0 amide bonds. The largest absolute Gasteiger partial charge is 0.327 e. The van der Waals surface area contributed by atoms with Crippen LogP contribution < -0.4 is 5.73 Å². The Morgan fingerprint density at radius 1 is 1.47 bits per heavy atom. The van der Waals surface area contributed by atoms with Gasteiger partial charge in [-0.1, -0.05) is 19.8 Å². The molecule has 3 unspecified atom stereocenters. The lowest BCUT2D eigenvalue weighted by molar-refractivity contribution is 0.394. The normalized spacial score (nSPS) is 26.3. The zero-order chi connectivity index (χ0) is 12.3. The van der Waals surface area contributed by atoms with Gasteiger partial charge >= 0.3 is 0 Å². The van der Waals surface area contributed by atoms with Crippen LogP contribution in [0, 0.1) is 11.8 Å². The van der Waals surface area contributed by atoms with E-state index < -0.39 is 0 Å². The van der Waals surface area contributed by atoms with Crippen molar-refractivity contribution in [2.45, 2.75) is 58.5 Å². The van der Waals surface area contributed by atoms with E-state index in [-0.39, 0.29) is 6.04 Å². The van der Waals surface area contributed by atoms with Crippen molar-refractivity contribution in [2.24, 2.45) is 17.6 Å². The fourth-order valence-electron chi connectivity index (χ4n) is 2.96. The summed E-state index contributed by atoms with van der Waals surface area (Å²) >= 11 is 0. The van der Waals surface area contributed by atoms with E-state index in [9.17, 15) is 0 Å². The van der Waals surface area contributed by atoms with Crippen LogP contribution in [0.5, 0.6) is 0 Å². The lowest BCUT2D eigenvalue weighted by atomic mass is 9.94. The fraction of sp³-hybridized carbons (Fsp3) is 0.846. The van der Waals surface area contributed by atoms with Gasteiger partial charge in [0.05, 0.1) is 0 Å². The summed E-state index contributed by atoms with van der Waals surface area (Å²) < 4.78 is 1.95. The highest BCUT2D eigenvalue weighted by Gasteiger charge is 2.28. The molecule has 17 heavy (non-hydrogen) atoms. The third-order valence-corrected chi connectivity index (χ3v) is 4.18. The molecule has 1 aromatic heterocycles. The lowest BCUT2D eigenvalue weighted by Gasteiger charge is -2.19. The molecule has 3 atom stereocenters. The predicted octanol–water partition coefficient (Wildman–Crippen LogP) is 1.99. The number of nitrogens with zero attached hydrogens (tertiary/aromatic N) is 3. The summed E-state index contributed by atoms with van der Waals surface area (Å²) in [5.41, 5.74) is 6.33. The summed E-state index contributed by atoms with van der Waals surface area (Å²) in [6.07, 6.45) is 7.76. The Morgan fingerprint density at radius 2 is 2.29 bits per heavy atom. The van der Waals surface area contributed by atoms with Gasteiger partial charge in [0.1, 0.15) is 12.2 Å². The van der Waals surface area contributed by atoms with Crippen molar-refractivity contribution in [1.29, 1.82) is 0 Å². The molecule has 4 nitrogen and oxygen atoms in total. The molecule has 4 heteroatoms. The van der Waals surface area contributed by atoms with Crippen LogP contribution in [0.2, 0.25) is 0 Å². The van der Waals surface area contributed by atoms with Crippen LogP contribution in [0.4, 0.5) is 0 Å². The van der Waals surface area contributed by atoms with Crippen molar-refractivity contribution in [3.8, 4) is 0 Å². The highest BCUT2D eigenvalue weighted by molar-refractivity contribution is 4.93. The Morgan fingerprint density at radius 3 is 2.94 bits per heavy atom. The highest BCUT2D eigenvalue weighted by atomic mass is 15.3. The number of rotatable bonds is 5. The van der Waals surface area contributed by atoms with Gasteiger partial charge in [0.2, 0.25) is 0 Å². The fourth-order valence-corrected chi connectivity index (χ4v) is 2.96. The Labute approximate surface area is 104 Å². The Kier molecular flexibility index (Phi) is 4.15. The molecule has 1 saturated carbocycles. The highest BCUT2D eigenvalue weighted by Crippen LogP contribution is 2.34. The van der Waals surface area contributed by atoms with Crippen molar-refractivity contribution in [3.05, 3.63) is 12.2 Å². The third kappa shape index (κ3) is 2.86. The standard InChI is InChI=1S/C13H24N4/c1-3-10-5-6-11(7-10)12(14)8-13-15-9-16-17(13)4-2/h9-12H,3-8,14H2,1-2H3. The van der Waals surface area contributed by atoms with Gasteiger partial charge in [-0.3, -0.25) is 4.68 Å². The van der Waals surface area contributed by atoms with E-state index in [2.05, 4.69) is 23.9 Å². The second-order valence-corrected chi connectivity index (χ2v) is 5.21. The zero-order valence-corrected chi connectivity index (χ0v) is 11.0. The number of hydrogen-bond donors (Lipinski definition) is 1. The van der Waals surface area contributed by atoms with E-state index in [1.54, 1.807) is 6.33 Å². The van der Waals surface area contributed by atoms with Gasteiger partial charge in [-0.15, -0.1) is 0 Å². The molecular weight excluding hydrogens is 212 g/mol. The molecule has 1 heterocycles. The molecule has 2 N–H and O–H groups in total. The molecule has 1 aliphatic carbocycles. The summed E-state index contributed by atoms with van der Waals surface area (Å²) in [5, 5.41) is 4.20. The van der Waals surface area contributed by atoms with Crippen molar-refractivity contribution in [2.75, 3.05) is 0 Å². The molecule has 0 bridgehead atoms. The number of nitrogens with two attached hydrogens (primary N) is 1. The van der Waals surface area contributed by atoms with Gasteiger partial charge in [-0.05, 0) is 31.6 Å². The molecule has 1 aliphatic rings. The summed E-state index contributed by atoms with van der Waals surface area (Å²) in [6, 6.07) is 0.251. The average molecular weight is 236 g/mol. The van der Waals surface area contributed by atoms with Gasteiger partial charge in [-0.2, -0.15) is 5.10 Å². The van der Waals surface area contributed by atoms with Crippen LogP contribution in [-0.4, -0.2) is 20.8 Å². The molecule has 0 spiro atoms. The van der Waals surface area contributed by atoms with Gasteiger partial charge in [0.25, 0.3) is 0 Å². The first-order valence-corrected chi connectivity index (χ1v) is 6.86. The van der Waals surface area contributed by atoms with Crippen LogP contribution in [0.3, 0.4) is 0 Å². The van der Waals surface area contributed by atoms with Gasteiger partial charge in [-0.25, -0.2) is 4.98 Å². The van der Waals surface area contributed by atoms with Gasteiger partial charge in [0.15, 0.2) is 0 Å². The second kappa shape index (κ2) is 5.63. The molecule has 0 radical (unpaired) electrons.